The van der Waals surface area contributed by atoms with Crippen molar-refractivity contribution >= 4 is 6.16 Å². The van der Waals surface area contributed by atoms with Gasteiger partial charge in [0, 0.05) is 0 Å². The average Bonchev–Trinajstić information content (AvgIpc) is 2.96. The Morgan fingerprint density at radius 2 is 1.41 bits per heavy atom. The lowest BCUT2D eigenvalue weighted by molar-refractivity contribution is -0.606. The van der Waals surface area contributed by atoms with Crippen molar-refractivity contribution in [1.29, 1.82) is 0 Å². The van der Waals surface area contributed by atoms with Crippen molar-refractivity contribution in [2.45, 2.75) is 50.6 Å². The van der Waals surface area contributed by atoms with E-state index >= 15 is 0 Å². The summed E-state index contributed by atoms with van der Waals surface area (Å²) in [5.74, 6) is 0. The van der Waals surface area contributed by atoms with Crippen LogP contribution in [0.4, 0.5) is 4.79 Å². The minimum atomic E-state index is -1.23. The molecule has 4 atom stereocenters. The summed E-state index contributed by atoms with van der Waals surface area (Å²) in [7, 11) is 0. The smallest absolute Gasteiger partial charge is 0.403 e. The molecule has 2 fully saturated rings. The van der Waals surface area contributed by atoms with Crippen LogP contribution in [0.15, 0.2) is 0 Å². The fourth-order valence-electron chi connectivity index (χ4n) is 1.98. The van der Waals surface area contributed by atoms with Gasteiger partial charge in [-0.2, -0.15) is 4.89 Å². The van der Waals surface area contributed by atoms with E-state index in [-0.39, 0.29) is 12.8 Å². The molecule has 4 N–H and O–H groups in total. The van der Waals surface area contributed by atoms with Crippen LogP contribution in [0.2, 0.25) is 0 Å². The molecular formula is C10H18N2O10. The van der Waals surface area contributed by atoms with Crippen LogP contribution >= 0.6 is 0 Å². The monoisotopic (exact) mass is 326 g/mol. The molecule has 2 aliphatic heterocycles. The van der Waals surface area contributed by atoms with Crippen molar-refractivity contribution in [2.75, 3.05) is 6.79 Å². The summed E-state index contributed by atoms with van der Waals surface area (Å²) in [5, 5.41) is 43.1. The number of hydrogen-bond acceptors (Lipinski definition) is 12. The highest BCUT2D eigenvalue weighted by Crippen LogP contribution is 2.21. The molecule has 0 amide bonds. The molecule has 0 bridgehead atoms. The number of ether oxygens (including phenoxy) is 1. The van der Waals surface area contributed by atoms with Crippen LogP contribution < -0.4 is 0 Å². The molecule has 22 heavy (non-hydrogen) atoms. The molecule has 0 aromatic carbocycles. The second-order valence-corrected chi connectivity index (χ2v) is 4.66. The number of hydrogen-bond donors (Lipinski definition) is 4. The molecule has 2 rings (SSSR count). The first kappa shape index (κ1) is 17.3. The van der Waals surface area contributed by atoms with E-state index in [1.165, 1.54) is 0 Å². The number of rotatable bonds is 6. The minimum absolute atomic E-state index is 0.252. The number of carbonyl (C=O) groups is 1. The van der Waals surface area contributed by atoms with Crippen LogP contribution in [-0.2, 0) is 24.5 Å². The summed E-state index contributed by atoms with van der Waals surface area (Å²) in [6, 6.07) is 0. The average molecular weight is 326 g/mol. The van der Waals surface area contributed by atoms with Crippen molar-refractivity contribution < 1.29 is 49.7 Å². The maximum absolute atomic E-state index is 11.2. The molecule has 0 spiro atoms. The molecule has 0 saturated carbocycles. The summed E-state index contributed by atoms with van der Waals surface area (Å²) in [4.78, 5) is 24.6. The van der Waals surface area contributed by atoms with Gasteiger partial charge in [0.15, 0.2) is 0 Å². The number of carbonyl (C=O) groups excluding carboxylic acids is 1. The Hall–Kier alpha value is -1.09. The summed E-state index contributed by atoms with van der Waals surface area (Å²) < 4.78 is 4.42. The molecule has 0 aromatic rings. The van der Waals surface area contributed by atoms with Crippen molar-refractivity contribution in [3.63, 3.8) is 0 Å². The standard InChI is InChI=1S/C10H18N2O10/c13-6-1-2-7(14)11(6)20-10(17)18-5-19-22-21-12-8(15)3-4-9(12)16/h6-9,13-16H,1-5H2. The van der Waals surface area contributed by atoms with Gasteiger partial charge >= 0.3 is 6.16 Å². The first-order chi connectivity index (χ1) is 10.5. The zero-order valence-corrected chi connectivity index (χ0v) is 11.5. The lowest BCUT2D eigenvalue weighted by Crippen LogP contribution is -2.38. The van der Waals surface area contributed by atoms with E-state index in [0.717, 1.165) is 5.06 Å². The molecule has 2 heterocycles. The van der Waals surface area contributed by atoms with Crippen molar-refractivity contribution in [1.82, 2.24) is 10.1 Å². The normalized spacial score (nSPS) is 33.3. The maximum atomic E-state index is 11.2. The van der Waals surface area contributed by atoms with Gasteiger partial charge in [-0.3, -0.25) is 0 Å². The maximum Gasteiger partial charge on any atom is 0.530 e. The first-order valence-corrected chi connectivity index (χ1v) is 6.59. The predicted octanol–water partition coefficient (Wildman–Crippen LogP) is -1.73. The van der Waals surface area contributed by atoms with Crippen LogP contribution in [0.5, 0.6) is 0 Å². The molecule has 12 heteroatoms. The Morgan fingerprint density at radius 3 is 1.95 bits per heavy atom. The highest BCUT2D eigenvalue weighted by atomic mass is 17.6. The van der Waals surface area contributed by atoms with Gasteiger partial charge in [0.2, 0.25) is 6.79 Å². The first-order valence-electron chi connectivity index (χ1n) is 6.59. The topological polar surface area (TPSA) is 151 Å². The summed E-state index contributed by atoms with van der Waals surface area (Å²) >= 11 is 0. The molecule has 2 aliphatic rings. The van der Waals surface area contributed by atoms with E-state index in [9.17, 15) is 25.2 Å². The molecule has 12 nitrogen and oxygen atoms in total. The summed E-state index contributed by atoms with van der Waals surface area (Å²) in [6.45, 7) is -0.723. The van der Waals surface area contributed by atoms with E-state index in [1.54, 1.807) is 0 Å². The van der Waals surface area contributed by atoms with Crippen LogP contribution in [0.1, 0.15) is 25.7 Å². The number of aliphatic hydroxyl groups is 4. The Kier molecular flexibility index (Phi) is 6.25. The molecular weight excluding hydrogens is 308 g/mol. The lowest BCUT2D eigenvalue weighted by atomic mass is 10.3. The molecule has 128 valence electrons. The van der Waals surface area contributed by atoms with Gasteiger partial charge in [-0.1, -0.05) is 10.1 Å². The Bertz CT molecular complexity index is 352. The molecule has 4 unspecified atom stereocenters. The minimum Gasteiger partial charge on any atom is -0.403 e. The fraction of sp³-hybridized carbons (Fsp3) is 0.900. The number of aliphatic hydroxyl groups excluding tert-OH is 4. The van der Waals surface area contributed by atoms with Gasteiger partial charge in [0.05, 0.1) is 0 Å². The Balaban J connectivity index is 1.56. The molecule has 0 aromatic heterocycles. The van der Waals surface area contributed by atoms with Crippen molar-refractivity contribution in [3.05, 3.63) is 0 Å². The zero-order chi connectivity index (χ0) is 16.1. The zero-order valence-electron chi connectivity index (χ0n) is 11.5. The van der Waals surface area contributed by atoms with E-state index in [4.69, 9.17) is 0 Å². The quantitative estimate of drug-likeness (QED) is 0.144. The van der Waals surface area contributed by atoms with E-state index in [2.05, 4.69) is 24.5 Å². The van der Waals surface area contributed by atoms with Gasteiger partial charge in [0.25, 0.3) is 0 Å². The Morgan fingerprint density at radius 1 is 0.909 bits per heavy atom. The molecule has 2 saturated heterocycles. The number of nitrogens with zero attached hydrogens (tertiary/aromatic N) is 2. The van der Waals surface area contributed by atoms with Crippen LogP contribution in [0.25, 0.3) is 0 Å². The van der Waals surface area contributed by atoms with Crippen LogP contribution in [0, 0.1) is 0 Å². The second-order valence-electron chi connectivity index (χ2n) is 4.66. The summed E-state index contributed by atoms with van der Waals surface area (Å²) in [6.07, 6.45) is -4.43. The second kappa shape index (κ2) is 7.96. The highest BCUT2D eigenvalue weighted by molar-refractivity contribution is 5.59. The largest absolute Gasteiger partial charge is 0.530 e. The third kappa shape index (κ3) is 4.45. The predicted molar refractivity (Wildman–Crippen MR) is 61.9 cm³/mol. The fourth-order valence-corrected chi connectivity index (χ4v) is 1.98. The summed E-state index contributed by atoms with van der Waals surface area (Å²) in [5.41, 5.74) is 0. The number of hydroxylamine groups is 4. The molecule has 0 radical (unpaired) electrons. The van der Waals surface area contributed by atoms with Gasteiger partial charge in [0.1, 0.15) is 24.9 Å². The Labute approximate surface area is 124 Å². The van der Waals surface area contributed by atoms with Crippen LogP contribution in [0.3, 0.4) is 0 Å². The van der Waals surface area contributed by atoms with Crippen molar-refractivity contribution in [2.24, 2.45) is 0 Å². The van der Waals surface area contributed by atoms with E-state index < -0.39 is 37.9 Å². The van der Waals surface area contributed by atoms with Gasteiger partial charge in [-0.05, 0) is 30.7 Å². The third-order valence-electron chi connectivity index (χ3n) is 3.11. The van der Waals surface area contributed by atoms with E-state index in [0.29, 0.717) is 17.9 Å². The van der Waals surface area contributed by atoms with Crippen molar-refractivity contribution in [3.8, 4) is 0 Å². The van der Waals surface area contributed by atoms with Gasteiger partial charge < -0.3 is 30.0 Å². The van der Waals surface area contributed by atoms with Crippen LogP contribution in [-0.4, -0.2) is 68.4 Å². The molecule has 0 aliphatic carbocycles. The third-order valence-corrected chi connectivity index (χ3v) is 3.11. The van der Waals surface area contributed by atoms with Gasteiger partial charge in [-0.25, -0.2) is 4.79 Å². The SMILES string of the molecule is O=C(OCOOON1C(O)CCC1O)ON1C(O)CCC1O. The highest BCUT2D eigenvalue weighted by Gasteiger charge is 2.35. The van der Waals surface area contributed by atoms with Gasteiger partial charge in [-0.15, -0.1) is 4.99 Å². The van der Waals surface area contributed by atoms with E-state index in [1.807, 2.05) is 0 Å². The lowest BCUT2D eigenvalue weighted by Gasteiger charge is -2.21.